The minimum Gasteiger partial charge on any atom is -0.389 e. The van der Waals surface area contributed by atoms with Gasteiger partial charge in [0, 0.05) is 31.4 Å². The Morgan fingerprint density at radius 3 is 2.52 bits per heavy atom. The zero-order valence-corrected chi connectivity index (χ0v) is 13.3. The fourth-order valence-corrected chi connectivity index (χ4v) is 2.89. The van der Waals surface area contributed by atoms with Crippen molar-refractivity contribution >= 4 is 11.6 Å². The van der Waals surface area contributed by atoms with Crippen LogP contribution in [0.4, 0.5) is 10.1 Å². The summed E-state index contributed by atoms with van der Waals surface area (Å²) >= 11 is 0. The molecule has 1 fully saturated rings. The largest absolute Gasteiger partial charge is 0.389 e. The summed E-state index contributed by atoms with van der Waals surface area (Å²) in [7, 11) is 1.78. The molecule has 5 heteroatoms. The maximum atomic E-state index is 13.8. The third-order valence-electron chi connectivity index (χ3n) is 4.25. The fraction of sp³-hybridized carbons (Fsp3) is 0.562. The lowest BCUT2D eigenvalue weighted by molar-refractivity contribution is -0.136. The van der Waals surface area contributed by atoms with Crippen molar-refractivity contribution in [3.05, 3.63) is 29.1 Å². The van der Waals surface area contributed by atoms with Gasteiger partial charge in [-0.05, 0) is 45.4 Å². The Bertz CT molecular complexity index is 570. The Balaban J connectivity index is 2.55. The van der Waals surface area contributed by atoms with Gasteiger partial charge in [0.25, 0.3) is 0 Å². The van der Waals surface area contributed by atoms with Crippen LogP contribution in [0, 0.1) is 12.7 Å². The van der Waals surface area contributed by atoms with E-state index in [-0.39, 0.29) is 11.7 Å². The second-order valence-corrected chi connectivity index (χ2v) is 6.27. The maximum absolute atomic E-state index is 13.8. The number of anilines is 1. The number of amides is 1. The first-order valence-electron chi connectivity index (χ1n) is 7.17. The summed E-state index contributed by atoms with van der Waals surface area (Å²) in [5, 5.41) is 9.95. The molecule has 1 aromatic carbocycles. The van der Waals surface area contributed by atoms with Crippen molar-refractivity contribution in [3.8, 4) is 0 Å². The molecule has 1 saturated heterocycles. The van der Waals surface area contributed by atoms with Gasteiger partial charge in [-0.2, -0.15) is 0 Å². The van der Waals surface area contributed by atoms with E-state index in [9.17, 15) is 14.3 Å². The van der Waals surface area contributed by atoms with E-state index in [0.29, 0.717) is 24.2 Å². The van der Waals surface area contributed by atoms with Gasteiger partial charge in [0.1, 0.15) is 11.4 Å². The monoisotopic (exact) mass is 294 g/mol. The Kier molecular flexibility index (Phi) is 3.97. The van der Waals surface area contributed by atoms with E-state index in [2.05, 4.69) is 0 Å². The Hall–Kier alpha value is -1.62. The van der Waals surface area contributed by atoms with Crippen LogP contribution in [0.15, 0.2) is 12.1 Å². The Labute approximate surface area is 125 Å². The average Bonchev–Trinajstić information content (AvgIpc) is 2.39. The van der Waals surface area contributed by atoms with Gasteiger partial charge in [-0.1, -0.05) is 0 Å². The number of piperazine rings is 1. The summed E-state index contributed by atoms with van der Waals surface area (Å²) in [6.45, 7) is 8.27. The molecule has 1 heterocycles. The lowest BCUT2D eigenvalue weighted by Crippen LogP contribution is -2.62. The molecule has 1 atom stereocenters. The number of halogens is 1. The molecule has 4 nitrogen and oxygen atoms in total. The van der Waals surface area contributed by atoms with Crippen LogP contribution in [0.2, 0.25) is 0 Å². The minimum atomic E-state index is -0.791. The minimum absolute atomic E-state index is 0.0206. The molecule has 0 spiro atoms. The quantitative estimate of drug-likeness (QED) is 0.910. The predicted molar refractivity (Wildman–Crippen MR) is 80.8 cm³/mol. The van der Waals surface area contributed by atoms with E-state index in [1.807, 2.05) is 18.7 Å². The fourth-order valence-electron chi connectivity index (χ4n) is 2.89. The molecule has 1 aromatic rings. The molecule has 1 aliphatic heterocycles. The second kappa shape index (κ2) is 5.30. The van der Waals surface area contributed by atoms with Gasteiger partial charge in [0.05, 0.1) is 6.10 Å². The number of aliphatic hydroxyl groups excluding tert-OH is 1. The van der Waals surface area contributed by atoms with Crippen LogP contribution in [0.5, 0.6) is 0 Å². The van der Waals surface area contributed by atoms with Crippen LogP contribution in [0.3, 0.4) is 0 Å². The van der Waals surface area contributed by atoms with Crippen molar-refractivity contribution in [2.45, 2.75) is 39.3 Å². The van der Waals surface area contributed by atoms with E-state index in [1.54, 1.807) is 31.9 Å². The number of nitrogens with zero attached hydrogens (tertiary/aromatic N) is 2. The topological polar surface area (TPSA) is 43.8 Å². The molecule has 116 valence electrons. The standard InChI is InChI=1S/C16H23FN2O2/c1-10-8-14(12(11(2)20)9-13(10)17)19-7-6-18(5)15(21)16(19,3)4/h8-9,11,20H,6-7H2,1-5H3. The van der Waals surface area contributed by atoms with Crippen molar-refractivity contribution in [2.75, 3.05) is 25.0 Å². The van der Waals surface area contributed by atoms with Crippen molar-refractivity contribution in [3.63, 3.8) is 0 Å². The highest BCUT2D eigenvalue weighted by atomic mass is 19.1. The summed E-state index contributed by atoms with van der Waals surface area (Å²) in [5.74, 6) is -0.319. The molecule has 0 aromatic heterocycles. The Morgan fingerprint density at radius 2 is 1.95 bits per heavy atom. The zero-order chi connectivity index (χ0) is 15.9. The summed E-state index contributed by atoms with van der Waals surface area (Å²) in [5.41, 5.74) is 1.04. The normalized spacial score (nSPS) is 19.9. The van der Waals surface area contributed by atoms with Gasteiger partial charge in [0.15, 0.2) is 0 Å². The number of hydrogen-bond acceptors (Lipinski definition) is 3. The summed E-state index contributed by atoms with van der Waals surface area (Å²) < 4.78 is 13.8. The zero-order valence-electron chi connectivity index (χ0n) is 13.3. The highest BCUT2D eigenvalue weighted by molar-refractivity contribution is 5.90. The van der Waals surface area contributed by atoms with E-state index in [0.717, 1.165) is 5.69 Å². The number of aliphatic hydroxyl groups is 1. The number of carbonyl (C=O) groups is 1. The number of benzene rings is 1. The average molecular weight is 294 g/mol. The first-order chi connectivity index (χ1) is 9.66. The van der Waals surface area contributed by atoms with Gasteiger partial charge in [0.2, 0.25) is 5.91 Å². The first kappa shape index (κ1) is 15.8. The Morgan fingerprint density at radius 1 is 1.33 bits per heavy atom. The van der Waals surface area contributed by atoms with Crippen LogP contribution >= 0.6 is 0 Å². The molecule has 21 heavy (non-hydrogen) atoms. The number of rotatable bonds is 2. The SMILES string of the molecule is Cc1cc(N2CCN(C)C(=O)C2(C)C)c(C(C)O)cc1F. The number of likely N-dealkylation sites (N-methyl/N-ethyl adjacent to an activating group) is 1. The summed E-state index contributed by atoms with van der Waals surface area (Å²) in [4.78, 5) is 16.1. The van der Waals surface area contributed by atoms with E-state index in [1.165, 1.54) is 6.07 Å². The lowest BCUT2D eigenvalue weighted by Gasteiger charge is -2.47. The molecule has 0 radical (unpaired) electrons. The van der Waals surface area contributed by atoms with Crippen LogP contribution in [0.1, 0.15) is 38.0 Å². The van der Waals surface area contributed by atoms with Gasteiger partial charge in [-0.15, -0.1) is 0 Å². The molecule has 1 unspecified atom stereocenters. The number of carbonyl (C=O) groups excluding carboxylic acids is 1. The molecular weight excluding hydrogens is 271 g/mol. The molecule has 0 aliphatic carbocycles. The molecule has 0 bridgehead atoms. The van der Waals surface area contributed by atoms with Crippen molar-refractivity contribution < 1.29 is 14.3 Å². The van der Waals surface area contributed by atoms with Gasteiger partial charge < -0.3 is 14.9 Å². The first-order valence-corrected chi connectivity index (χ1v) is 7.17. The molecule has 1 N–H and O–H groups in total. The number of aryl methyl sites for hydroxylation is 1. The highest BCUT2D eigenvalue weighted by Gasteiger charge is 2.41. The van der Waals surface area contributed by atoms with Crippen molar-refractivity contribution in [1.29, 1.82) is 0 Å². The third kappa shape index (κ3) is 2.62. The van der Waals surface area contributed by atoms with Crippen molar-refractivity contribution in [2.24, 2.45) is 0 Å². The predicted octanol–water partition coefficient (Wildman–Crippen LogP) is 2.24. The van der Waals surface area contributed by atoms with Crippen LogP contribution in [-0.2, 0) is 4.79 Å². The molecule has 1 amide bonds. The highest BCUT2D eigenvalue weighted by Crippen LogP contribution is 2.35. The van der Waals surface area contributed by atoms with Gasteiger partial charge in [-0.3, -0.25) is 4.79 Å². The second-order valence-electron chi connectivity index (χ2n) is 6.27. The van der Waals surface area contributed by atoms with E-state index in [4.69, 9.17) is 0 Å². The van der Waals surface area contributed by atoms with Gasteiger partial charge >= 0.3 is 0 Å². The molecule has 1 aliphatic rings. The lowest BCUT2D eigenvalue weighted by atomic mass is 9.94. The van der Waals surface area contributed by atoms with Crippen LogP contribution in [0.25, 0.3) is 0 Å². The van der Waals surface area contributed by atoms with Crippen LogP contribution in [-0.4, -0.2) is 41.6 Å². The summed E-state index contributed by atoms with van der Waals surface area (Å²) in [6.07, 6.45) is -0.791. The smallest absolute Gasteiger partial charge is 0.247 e. The van der Waals surface area contributed by atoms with E-state index >= 15 is 0 Å². The van der Waals surface area contributed by atoms with E-state index < -0.39 is 11.6 Å². The van der Waals surface area contributed by atoms with Crippen molar-refractivity contribution in [1.82, 2.24) is 4.90 Å². The third-order valence-corrected chi connectivity index (χ3v) is 4.25. The van der Waals surface area contributed by atoms with Gasteiger partial charge in [-0.25, -0.2) is 4.39 Å². The number of hydrogen-bond donors (Lipinski definition) is 1. The summed E-state index contributed by atoms with van der Waals surface area (Å²) in [6, 6.07) is 3.09. The van der Waals surface area contributed by atoms with Crippen LogP contribution < -0.4 is 4.90 Å². The molecular formula is C16H23FN2O2. The maximum Gasteiger partial charge on any atom is 0.247 e. The molecule has 2 rings (SSSR count). The molecule has 0 saturated carbocycles.